The van der Waals surface area contributed by atoms with Crippen LogP contribution in [-0.4, -0.2) is 20.2 Å². The molecule has 17 heavy (non-hydrogen) atoms. The van der Waals surface area contributed by atoms with Crippen LogP contribution in [0, 0.1) is 6.92 Å². The van der Waals surface area contributed by atoms with Gasteiger partial charge in [-0.3, -0.25) is 4.79 Å². The highest BCUT2D eigenvalue weighted by Crippen LogP contribution is 2.11. The number of Topliss-reactive ketones (excluding diaryl/α,β-unsaturated/α-hetero) is 1. The quantitative estimate of drug-likeness (QED) is 0.870. The van der Waals surface area contributed by atoms with Crippen molar-refractivity contribution in [2.45, 2.75) is 38.1 Å². The molecule has 0 aliphatic carbocycles. The molecule has 0 saturated carbocycles. The Balaban J connectivity index is 2.82. The van der Waals surface area contributed by atoms with Crippen molar-refractivity contribution in [3.63, 3.8) is 0 Å². The van der Waals surface area contributed by atoms with Crippen molar-refractivity contribution in [3.05, 3.63) is 29.8 Å². The van der Waals surface area contributed by atoms with Gasteiger partial charge in [0.2, 0.25) is 10.0 Å². The fraction of sp³-hybridized carbons (Fsp3) is 0.417. The minimum Gasteiger partial charge on any atom is -0.300 e. The summed E-state index contributed by atoms with van der Waals surface area (Å²) in [4.78, 5) is 11.1. The summed E-state index contributed by atoms with van der Waals surface area (Å²) in [6.45, 7) is 5.01. The molecule has 0 radical (unpaired) electrons. The molecule has 0 saturated heterocycles. The molecule has 0 aromatic heterocycles. The topological polar surface area (TPSA) is 63.2 Å². The van der Waals surface area contributed by atoms with Gasteiger partial charge in [-0.1, -0.05) is 17.7 Å². The minimum absolute atomic E-state index is 0.0379. The molecule has 5 heteroatoms. The molecule has 0 amide bonds. The van der Waals surface area contributed by atoms with Crippen LogP contribution >= 0.6 is 0 Å². The van der Waals surface area contributed by atoms with E-state index in [9.17, 15) is 13.2 Å². The summed E-state index contributed by atoms with van der Waals surface area (Å²) in [5, 5.41) is 0. The van der Waals surface area contributed by atoms with Crippen molar-refractivity contribution in [2.75, 3.05) is 0 Å². The summed E-state index contributed by atoms with van der Waals surface area (Å²) in [6.07, 6.45) is 0.199. The van der Waals surface area contributed by atoms with Crippen LogP contribution in [0.4, 0.5) is 0 Å². The van der Waals surface area contributed by atoms with Gasteiger partial charge >= 0.3 is 0 Å². The molecule has 0 heterocycles. The Morgan fingerprint density at radius 3 is 2.29 bits per heavy atom. The van der Waals surface area contributed by atoms with E-state index < -0.39 is 10.0 Å². The molecule has 1 aromatic rings. The molecule has 0 fully saturated rings. The molecule has 0 aliphatic heterocycles. The molecular weight excluding hydrogens is 238 g/mol. The second-order valence-corrected chi connectivity index (χ2v) is 5.96. The van der Waals surface area contributed by atoms with E-state index >= 15 is 0 Å². The van der Waals surface area contributed by atoms with E-state index in [0.717, 1.165) is 5.56 Å². The fourth-order valence-electron chi connectivity index (χ4n) is 1.52. The second kappa shape index (κ2) is 5.42. The fourth-order valence-corrected chi connectivity index (χ4v) is 2.77. The number of benzene rings is 1. The first-order valence-electron chi connectivity index (χ1n) is 5.39. The third-order valence-corrected chi connectivity index (χ3v) is 3.89. The summed E-state index contributed by atoms with van der Waals surface area (Å²) in [6, 6.07) is 6.20. The Morgan fingerprint density at radius 1 is 1.29 bits per heavy atom. The predicted octanol–water partition coefficient (Wildman–Crippen LogP) is 1.64. The van der Waals surface area contributed by atoms with Crippen molar-refractivity contribution in [1.82, 2.24) is 4.72 Å². The summed E-state index contributed by atoms with van der Waals surface area (Å²) < 4.78 is 26.3. The Kier molecular flexibility index (Phi) is 4.42. The van der Waals surface area contributed by atoms with E-state index in [1.807, 2.05) is 6.92 Å². The van der Waals surface area contributed by atoms with Crippen LogP contribution in [0.3, 0.4) is 0 Å². The SMILES string of the molecule is CC(=O)CC(C)NS(=O)(=O)c1ccc(C)cc1. The Morgan fingerprint density at radius 2 is 1.82 bits per heavy atom. The number of rotatable bonds is 5. The van der Waals surface area contributed by atoms with Gasteiger partial charge in [-0.05, 0) is 32.9 Å². The largest absolute Gasteiger partial charge is 0.300 e. The molecular formula is C12H17NO3S. The molecule has 4 nitrogen and oxygen atoms in total. The number of nitrogens with one attached hydrogen (secondary N) is 1. The van der Waals surface area contributed by atoms with Crippen LogP contribution in [0.25, 0.3) is 0 Å². The minimum atomic E-state index is -3.52. The standard InChI is InChI=1S/C12H17NO3S/c1-9-4-6-12(7-5-9)17(15,16)13-10(2)8-11(3)14/h4-7,10,13H,8H2,1-3H3. The Bertz CT molecular complexity index is 491. The smallest absolute Gasteiger partial charge is 0.240 e. The molecule has 1 aromatic carbocycles. The predicted molar refractivity (Wildman–Crippen MR) is 66.3 cm³/mol. The number of ketones is 1. The zero-order chi connectivity index (χ0) is 13.1. The molecule has 1 rings (SSSR count). The molecule has 94 valence electrons. The molecule has 0 spiro atoms. The highest BCUT2D eigenvalue weighted by atomic mass is 32.2. The number of hydrogen-bond donors (Lipinski definition) is 1. The zero-order valence-corrected chi connectivity index (χ0v) is 11.0. The van der Waals surface area contributed by atoms with Crippen molar-refractivity contribution >= 4 is 15.8 Å². The number of sulfonamides is 1. The first-order valence-corrected chi connectivity index (χ1v) is 6.88. The van der Waals surface area contributed by atoms with E-state index in [2.05, 4.69) is 4.72 Å². The van der Waals surface area contributed by atoms with E-state index in [-0.39, 0.29) is 23.1 Å². The monoisotopic (exact) mass is 255 g/mol. The highest BCUT2D eigenvalue weighted by Gasteiger charge is 2.17. The van der Waals surface area contributed by atoms with E-state index in [4.69, 9.17) is 0 Å². The first-order chi connectivity index (χ1) is 7.81. The van der Waals surface area contributed by atoms with Crippen molar-refractivity contribution in [1.29, 1.82) is 0 Å². The van der Waals surface area contributed by atoms with Crippen molar-refractivity contribution < 1.29 is 13.2 Å². The summed E-state index contributed by atoms with van der Waals surface area (Å²) in [5.74, 6) is -0.0379. The maximum atomic E-state index is 11.9. The lowest BCUT2D eigenvalue weighted by atomic mass is 10.2. The van der Waals surface area contributed by atoms with Gasteiger partial charge in [0, 0.05) is 12.5 Å². The summed E-state index contributed by atoms with van der Waals surface area (Å²) in [7, 11) is -3.52. The average molecular weight is 255 g/mol. The van der Waals surface area contributed by atoms with Crippen LogP contribution < -0.4 is 4.72 Å². The molecule has 1 N–H and O–H groups in total. The maximum absolute atomic E-state index is 11.9. The normalized spacial score (nSPS) is 13.4. The summed E-state index contributed by atoms with van der Waals surface area (Å²) >= 11 is 0. The van der Waals surface area contributed by atoms with Crippen molar-refractivity contribution in [2.24, 2.45) is 0 Å². The highest BCUT2D eigenvalue weighted by molar-refractivity contribution is 7.89. The third kappa shape index (κ3) is 4.28. The molecule has 0 bridgehead atoms. The van der Waals surface area contributed by atoms with E-state index in [1.165, 1.54) is 6.92 Å². The average Bonchev–Trinajstić information content (AvgIpc) is 2.15. The van der Waals surface area contributed by atoms with Gasteiger partial charge in [0.15, 0.2) is 0 Å². The Labute approximate surface area is 102 Å². The van der Waals surface area contributed by atoms with E-state index in [1.54, 1.807) is 31.2 Å². The lowest BCUT2D eigenvalue weighted by Crippen LogP contribution is -2.33. The number of aryl methyl sites for hydroxylation is 1. The second-order valence-electron chi connectivity index (χ2n) is 4.24. The van der Waals surface area contributed by atoms with Crippen LogP contribution in [-0.2, 0) is 14.8 Å². The van der Waals surface area contributed by atoms with Crippen LogP contribution in [0.15, 0.2) is 29.2 Å². The van der Waals surface area contributed by atoms with Crippen LogP contribution in [0.2, 0.25) is 0 Å². The van der Waals surface area contributed by atoms with Gasteiger partial charge in [0.1, 0.15) is 5.78 Å². The number of carbonyl (C=O) groups excluding carboxylic acids is 1. The molecule has 1 atom stereocenters. The molecule has 1 unspecified atom stereocenters. The number of hydrogen-bond acceptors (Lipinski definition) is 3. The van der Waals surface area contributed by atoms with Crippen molar-refractivity contribution in [3.8, 4) is 0 Å². The van der Waals surface area contributed by atoms with Gasteiger partial charge in [-0.2, -0.15) is 0 Å². The molecule has 0 aliphatic rings. The lowest BCUT2D eigenvalue weighted by Gasteiger charge is -2.12. The maximum Gasteiger partial charge on any atom is 0.240 e. The first kappa shape index (κ1) is 13.9. The number of carbonyl (C=O) groups is 1. The van der Waals surface area contributed by atoms with Gasteiger partial charge in [-0.25, -0.2) is 13.1 Å². The van der Waals surface area contributed by atoms with Gasteiger partial charge in [0.05, 0.1) is 4.90 Å². The van der Waals surface area contributed by atoms with Gasteiger partial charge < -0.3 is 0 Å². The van der Waals surface area contributed by atoms with E-state index in [0.29, 0.717) is 0 Å². The zero-order valence-electron chi connectivity index (χ0n) is 10.2. The van der Waals surface area contributed by atoms with Gasteiger partial charge in [0.25, 0.3) is 0 Å². The lowest BCUT2D eigenvalue weighted by molar-refractivity contribution is -0.117. The summed E-state index contributed by atoms with van der Waals surface area (Å²) in [5.41, 5.74) is 1.00. The third-order valence-electron chi connectivity index (χ3n) is 2.28. The van der Waals surface area contributed by atoms with Crippen LogP contribution in [0.1, 0.15) is 25.8 Å². The van der Waals surface area contributed by atoms with Crippen LogP contribution in [0.5, 0.6) is 0 Å². The van der Waals surface area contributed by atoms with Gasteiger partial charge in [-0.15, -0.1) is 0 Å². The Hall–Kier alpha value is -1.20.